The highest BCUT2D eigenvalue weighted by Crippen LogP contribution is 2.22. The van der Waals surface area contributed by atoms with Crippen LogP contribution < -0.4 is 0 Å². The molecule has 1 aliphatic rings. The van der Waals surface area contributed by atoms with Gasteiger partial charge in [0.05, 0.1) is 18.2 Å². The molecule has 21 heavy (non-hydrogen) atoms. The van der Waals surface area contributed by atoms with Gasteiger partial charge in [-0.25, -0.2) is 4.39 Å². The van der Waals surface area contributed by atoms with Gasteiger partial charge in [0.1, 0.15) is 5.82 Å². The zero-order valence-electron chi connectivity index (χ0n) is 11.7. The summed E-state index contributed by atoms with van der Waals surface area (Å²) in [5.74, 6) is -0.293. The highest BCUT2D eigenvalue weighted by atomic mass is 19.1. The molecule has 0 bridgehead atoms. The summed E-state index contributed by atoms with van der Waals surface area (Å²) in [5, 5.41) is 13.0. The van der Waals surface area contributed by atoms with Crippen molar-refractivity contribution in [3.63, 3.8) is 0 Å². The van der Waals surface area contributed by atoms with Gasteiger partial charge < -0.3 is 0 Å². The molecule has 1 saturated heterocycles. The van der Waals surface area contributed by atoms with Gasteiger partial charge in [-0.05, 0) is 37.6 Å². The average Bonchev–Trinajstić information content (AvgIpc) is 3.14. The van der Waals surface area contributed by atoms with Gasteiger partial charge in [0, 0.05) is 30.5 Å². The predicted octanol–water partition coefficient (Wildman–Crippen LogP) is 2.56. The van der Waals surface area contributed by atoms with Crippen LogP contribution in [-0.2, 0) is 13.1 Å². The van der Waals surface area contributed by atoms with Crippen LogP contribution in [0.25, 0.3) is 0 Å². The lowest BCUT2D eigenvalue weighted by Crippen LogP contribution is -2.33. The van der Waals surface area contributed by atoms with Crippen LogP contribution in [0.15, 0.2) is 36.7 Å². The third kappa shape index (κ3) is 3.11. The maximum absolute atomic E-state index is 14.0. The van der Waals surface area contributed by atoms with Crippen LogP contribution >= 0.6 is 0 Å². The molecule has 0 amide bonds. The predicted molar refractivity (Wildman–Crippen MR) is 76.8 cm³/mol. The molecule has 0 aliphatic carbocycles. The van der Waals surface area contributed by atoms with Gasteiger partial charge in [-0.3, -0.25) is 9.58 Å². The van der Waals surface area contributed by atoms with Crippen LogP contribution in [0.4, 0.5) is 4.39 Å². The molecule has 0 saturated carbocycles. The number of benzene rings is 1. The first kappa shape index (κ1) is 13.8. The Bertz CT molecular complexity index is 645. The van der Waals surface area contributed by atoms with E-state index in [1.807, 2.05) is 23.0 Å². The van der Waals surface area contributed by atoms with Crippen molar-refractivity contribution < 1.29 is 4.39 Å². The normalized spacial score (nSPS) is 18.8. The zero-order chi connectivity index (χ0) is 14.7. The molecule has 3 rings (SSSR count). The maximum atomic E-state index is 14.0. The molecule has 1 aromatic carbocycles. The van der Waals surface area contributed by atoms with Crippen molar-refractivity contribution in [3.8, 4) is 6.07 Å². The fourth-order valence-electron chi connectivity index (χ4n) is 2.90. The standard InChI is InChI=1S/C16H17FN4/c17-16-9-13(10-18)4-5-14(16)11-20-7-1-3-15(20)12-21-8-2-6-19-21/h2,4-6,8-9,15H,1,3,7,11-12H2/t15-/m0/s1. The van der Waals surface area contributed by atoms with Gasteiger partial charge in [-0.15, -0.1) is 0 Å². The molecule has 2 heterocycles. The molecule has 1 fully saturated rings. The third-order valence-corrected chi connectivity index (χ3v) is 4.01. The summed E-state index contributed by atoms with van der Waals surface area (Å²) in [5.41, 5.74) is 1.02. The Hall–Kier alpha value is -2.19. The van der Waals surface area contributed by atoms with Crippen LogP contribution in [0.2, 0.25) is 0 Å². The number of aromatic nitrogens is 2. The van der Waals surface area contributed by atoms with E-state index in [4.69, 9.17) is 5.26 Å². The Morgan fingerprint density at radius 1 is 1.43 bits per heavy atom. The van der Waals surface area contributed by atoms with E-state index in [9.17, 15) is 4.39 Å². The summed E-state index contributed by atoms with van der Waals surface area (Å²) in [6, 6.07) is 8.98. The molecule has 0 N–H and O–H groups in total. The third-order valence-electron chi connectivity index (χ3n) is 4.01. The second kappa shape index (κ2) is 6.06. The lowest BCUT2D eigenvalue weighted by atomic mass is 10.1. The molecule has 0 spiro atoms. The first-order chi connectivity index (χ1) is 10.3. The number of hydrogen-bond acceptors (Lipinski definition) is 3. The average molecular weight is 284 g/mol. The van der Waals surface area contributed by atoms with Crippen molar-refractivity contribution in [2.24, 2.45) is 0 Å². The minimum atomic E-state index is -0.293. The van der Waals surface area contributed by atoms with E-state index < -0.39 is 0 Å². The molecule has 5 heteroatoms. The first-order valence-electron chi connectivity index (χ1n) is 7.16. The number of rotatable bonds is 4. The fraction of sp³-hybridized carbons (Fsp3) is 0.375. The minimum Gasteiger partial charge on any atom is -0.294 e. The Balaban J connectivity index is 1.70. The molecule has 0 unspecified atom stereocenters. The van der Waals surface area contributed by atoms with Gasteiger partial charge >= 0.3 is 0 Å². The largest absolute Gasteiger partial charge is 0.294 e. The molecular formula is C16H17FN4. The SMILES string of the molecule is N#Cc1ccc(CN2CCC[C@H]2Cn2cccn2)c(F)c1. The molecular weight excluding hydrogens is 267 g/mol. The minimum absolute atomic E-state index is 0.293. The number of halogens is 1. The van der Waals surface area contributed by atoms with E-state index in [0.717, 1.165) is 25.9 Å². The van der Waals surface area contributed by atoms with Gasteiger partial charge in [0.2, 0.25) is 0 Å². The first-order valence-corrected chi connectivity index (χ1v) is 7.16. The summed E-state index contributed by atoms with van der Waals surface area (Å²) in [7, 11) is 0. The molecule has 1 aliphatic heterocycles. The zero-order valence-corrected chi connectivity index (χ0v) is 11.7. The van der Waals surface area contributed by atoms with Gasteiger partial charge in [0.15, 0.2) is 0 Å². The van der Waals surface area contributed by atoms with Crippen LogP contribution in [-0.4, -0.2) is 27.3 Å². The van der Waals surface area contributed by atoms with Gasteiger partial charge in [-0.2, -0.15) is 10.4 Å². The number of likely N-dealkylation sites (tertiary alicyclic amines) is 1. The van der Waals surface area contributed by atoms with Crippen molar-refractivity contribution in [1.82, 2.24) is 14.7 Å². The van der Waals surface area contributed by atoms with Gasteiger partial charge in [-0.1, -0.05) is 6.07 Å². The topological polar surface area (TPSA) is 44.9 Å². The summed E-state index contributed by atoms with van der Waals surface area (Å²) in [4.78, 5) is 2.30. The van der Waals surface area contributed by atoms with E-state index in [0.29, 0.717) is 23.7 Å². The fourth-order valence-corrected chi connectivity index (χ4v) is 2.90. The van der Waals surface area contributed by atoms with Crippen molar-refractivity contribution in [3.05, 3.63) is 53.6 Å². The van der Waals surface area contributed by atoms with E-state index >= 15 is 0 Å². The van der Waals surface area contributed by atoms with Crippen molar-refractivity contribution in [2.45, 2.75) is 32.0 Å². The Kier molecular flexibility index (Phi) is 3.98. The smallest absolute Gasteiger partial charge is 0.129 e. The van der Waals surface area contributed by atoms with Crippen LogP contribution in [0.5, 0.6) is 0 Å². The lowest BCUT2D eigenvalue weighted by molar-refractivity contribution is 0.216. The summed E-state index contributed by atoms with van der Waals surface area (Å²) < 4.78 is 15.9. The monoisotopic (exact) mass is 284 g/mol. The van der Waals surface area contributed by atoms with Crippen LogP contribution in [0.3, 0.4) is 0 Å². The van der Waals surface area contributed by atoms with Crippen molar-refractivity contribution in [1.29, 1.82) is 5.26 Å². The van der Waals surface area contributed by atoms with Crippen molar-refractivity contribution in [2.75, 3.05) is 6.54 Å². The summed E-state index contributed by atoms with van der Waals surface area (Å²) in [6.45, 7) is 2.40. The Labute approximate surface area is 123 Å². The number of hydrogen-bond donors (Lipinski definition) is 0. The van der Waals surface area contributed by atoms with Gasteiger partial charge in [0.25, 0.3) is 0 Å². The van der Waals surface area contributed by atoms with E-state index in [1.165, 1.54) is 6.07 Å². The number of nitrogens with zero attached hydrogens (tertiary/aromatic N) is 4. The Morgan fingerprint density at radius 3 is 3.05 bits per heavy atom. The highest BCUT2D eigenvalue weighted by Gasteiger charge is 2.25. The molecule has 0 radical (unpaired) electrons. The van der Waals surface area contributed by atoms with Crippen molar-refractivity contribution >= 4 is 0 Å². The molecule has 108 valence electrons. The molecule has 1 aromatic heterocycles. The van der Waals surface area contributed by atoms with Crippen LogP contribution in [0.1, 0.15) is 24.0 Å². The maximum Gasteiger partial charge on any atom is 0.129 e. The lowest BCUT2D eigenvalue weighted by Gasteiger charge is -2.24. The highest BCUT2D eigenvalue weighted by molar-refractivity contribution is 5.32. The second-order valence-corrected chi connectivity index (χ2v) is 5.41. The summed E-state index contributed by atoms with van der Waals surface area (Å²) in [6.07, 6.45) is 5.97. The van der Waals surface area contributed by atoms with E-state index in [-0.39, 0.29) is 5.82 Å². The van der Waals surface area contributed by atoms with E-state index in [2.05, 4.69) is 10.00 Å². The Morgan fingerprint density at radius 2 is 2.33 bits per heavy atom. The summed E-state index contributed by atoms with van der Waals surface area (Å²) >= 11 is 0. The molecule has 2 aromatic rings. The molecule has 4 nitrogen and oxygen atoms in total. The van der Waals surface area contributed by atoms with E-state index in [1.54, 1.807) is 18.3 Å². The number of nitriles is 1. The quantitative estimate of drug-likeness (QED) is 0.866. The molecule has 1 atom stereocenters. The second-order valence-electron chi connectivity index (χ2n) is 5.41. The van der Waals surface area contributed by atoms with Crippen LogP contribution in [0, 0.1) is 17.1 Å².